The van der Waals surface area contributed by atoms with Gasteiger partial charge in [-0.2, -0.15) is 0 Å². The van der Waals surface area contributed by atoms with Gasteiger partial charge in [0.2, 0.25) is 5.69 Å². The highest BCUT2D eigenvalue weighted by Gasteiger charge is 2.31. The molecule has 168 valence electrons. The number of nitrogens with zero attached hydrogens (tertiary/aromatic N) is 2. The number of hydrogen-bond donors (Lipinski definition) is 1. The summed E-state index contributed by atoms with van der Waals surface area (Å²) in [6.07, 6.45) is -0.912. The minimum Gasteiger partial charge on any atom is -0.476 e. The number of carbonyl (C=O) groups excluding carboxylic acids is 2. The second-order valence-corrected chi connectivity index (χ2v) is 7.67. The van der Waals surface area contributed by atoms with Crippen LogP contribution >= 0.6 is 0 Å². The molecule has 1 aromatic carbocycles. The molecule has 0 radical (unpaired) electrons. The number of aromatic carboxylic acids is 1. The van der Waals surface area contributed by atoms with Crippen LogP contribution in [0.25, 0.3) is 11.0 Å². The van der Waals surface area contributed by atoms with Crippen LogP contribution in [0.5, 0.6) is 0 Å². The minimum atomic E-state index is -1.44. The Kier molecular flexibility index (Phi) is 7.54. The summed E-state index contributed by atoms with van der Waals surface area (Å²) in [7, 11) is 0. The number of carboxylic acids is 1. The number of benzene rings is 1. The van der Waals surface area contributed by atoms with E-state index in [4.69, 9.17) is 9.47 Å². The summed E-state index contributed by atoms with van der Waals surface area (Å²) >= 11 is 0. The molecule has 3 unspecified atom stereocenters. The Morgan fingerprint density at radius 1 is 1.06 bits per heavy atom. The summed E-state index contributed by atoms with van der Waals surface area (Å²) in [5.74, 6) is -2.92. The lowest BCUT2D eigenvalue weighted by Gasteiger charge is -2.30. The number of ether oxygens (including phenoxy) is 2. The van der Waals surface area contributed by atoms with Gasteiger partial charge in [0, 0.05) is 19.8 Å². The number of esters is 2. The second kappa shape index (κ2) is 9.72. The van der Waals surface area contributed by atoms with Gasteiger partial charge in [-0.05, 0) is 43.5 Å². The van der Waals surface area contributed by atoms with E-state index in [1.807, 2.05) is 20.8 Å². The third-order valence-corrected chi connectivity index (χ3v) is 5.34. The molecular weight excluding hydrogens is 404 g/mol. The van der Waals surface area contributed by atoms with Crippen LogP contribution < -0.4 is 5.56 Å². The highest BCUT2D eigenvalue weighted by molar-refractivity contribution is 5.88. The van der Waals surface area contributed by atoms with E-state index >= 15 is 0 Å². The van der Waals surface area contributed by atoms with Crippen molar-refractivity contribution in [1.29, 1.82) is 0 Å². The van der Waals surface area contributed by atoms with E-state index in [2.05, 4.69) is 4.98 Å². The molecule has 0 saturated carbocycles. The third-order valence-electron chi connectivity index (χ3n) is 5.34. The van der Waals surface area contributed by atoms with E-state index in [1.165, 1.54) is 18.4 Å². The van der Waals surface area contributed by atoms with Crippen LogP contribution in [-0.2, 0) is 25.6 Å². The highest BCUT2D eigenvalue weighted by Crippen LogP contribution is 2.23. The van der Waals surface area contributed by atoms with Crippen LogP contribution in [-0.4, -0.2) is 44.8 Å². The zero-order valence-corrected chi connectivity index (χ0v) is 18.6. The maximum atomic E-state index is 13.0. The molecule has 2 rings (SSSR count). The lowest BCUT2D eigenvalue weighted by Crippen LogP contribution is -2.41. The fourth-order valence-electron chi connectivity index (χ4n) is 3.54. The van der Waals surface area contributed by atoms with Crippen LogP contribution in [0.15, 0.2) is 16.9 Å². The Balaban J connectivity index is 2.65. The standard InChI is InChI=1S/C22H28N2O7/c1-7-18(30-14(5)25)13(4)19(31-15(6)26)10-24-17-9-12(3)11(2)8-16(17)23-20(21(24)27)22(28)29/h8-9,13,18-19H,7,10H2,1-6H3,(H,28,29). The first-order valence-corrected chi connectivity index (χ1v) is 10.1. The molecule has 1 N–H and O–H groups in total. The van der Waals surface area contributed by atoms with E-state index in [-0.39, 0.29) is 6.54 Å². The van der Waals surface area contributed by atoms with Gasteiger partial charge in [-0.3, -0.25) is 14.4 Å². The highest BCUT2D eigenvalue weighted by atomic mass is 16.6. The number of aryl methyl sites for hydroxylation is 2. The molecule has 0 aliphatic carbocycles. The molecule has 0 amide bonds. The Morgan fingerprint density at radius 3 is 2.13 bits per heavy atom. The van der Waals surface area contributed by atoms with Gasteiger partial charge in [-0.1, -0.05) is 13.8 Å². The summed E-state index contributed by atoms with van der Waals surface area (Å²) < 4.78 is 12.1. The first kappa shape index (κ1) is 24.0. The van der Waals surface area contributed by atoms with Crippen LogP contribution in [0.3, 0.4) is 0 Å². The lowest BCUT2D eigenvalue weighted by molar-refractivity contribution is -0.159. The number of carboxylic acid groups (broad SMARTS) is 1. The third kappa shape index (κ3) is 5.48. The van der Waals surface area contributed by atoms with Crippen molar-refractivity contribution < 1.29 is 29.0 Å². The van der Waals surface area contributed by atoms with E-state index in [0.29, 0.717) is 17.5 Å². The predicted octanol–water partition coefficient (Wildman–Crippen LogP) is 2.62. The van der Waals surface area contributed by atoms with Crippen molar-refractivity contribution in [3.8, 4) is 0 Å². The predicted molar refractivity (Wildman–Crippen MR) is 113 cm³/mol. The van der Waals surface area contributed by atoms with Crippen LogP contribution in [0.2, 0.25) is 0 Å². The SMILES string of the molecule is CCC(OC(C)=O)C(C)C(Cn1c(=O)c(C(=O)O)nc2cc(C)c(C)cc21)OC(C)=O. The lowest BCUT2D eigenvalue weighted by atomic mass is 9.95. The van der Waals surface area contributed by atoms with Crippen molar-refractivity contribution in [2.24, 2.45) is 5.92 Å². The molecule has 0 aliphatic rings. The molecule has 9 heteroatoms. The second-order valence-electron chi connectivity index (χ2n) is 7.67. The normalized spacial score (nSPS) is 14.0. The van der Waals surface area contributed by atoms with Gasteiger partial charge in [-0.15, -0.1) is 0 Å². The topological polar surface area (TPSA) is 125 Å². The molecule has 3 atom stereocenters. The van der Waals surface area contributed by atoms with E-state index in [9.17, 15) is 24.3 Å². The van der Waals surface area contributed by atoms with Gasteiger partial charge in [0.25, 0.3) is 5.56 Å². The molecule has 0 saturated heterocycles. The molecule has 0 bridgehead atoms. The van der Waals surface area contributed by atoms with Crippen molar-refractivity contribution >= 4 is 28.9 Å². The van der Waals surface area contributed by atoms with Gasteiger partial charge >= 0.3 is 17.9 Å². The molecule has 0 aliphatic heterocycles. The van der Waals surface area contributed by atoms with Crippen molar-refractivity contribution in [2.75, 3.05) is 0 Å². The van der Waals surface area contributed by atoms with Crippen molar-refractivity contribution in [2.45, 2.75) is 66.7 Å². The average molecular weight is 432 g/mol. The number of rotatable bonds is 8. The van der Waals surface area contributed by atoms with Crippen LogP contribution in [0, 0.1) is 19.8 Å². The van der Waals surface area contributed by atoms with Gasteiger partial charge in [0.1, 0.15) is 12.2 Å². The number of hydrogen-bond acceptors (Lipinski definition) is 7. The molecule has 0 spiro atoms. The van der Waals surface area contributed by atoms with Crippen LogP contribution in [0.4, 0.5) is 0 Å². The first-order chi connectivity index (χ1) is 14.5. The summed E-state index contributed by atoms with van der Waals surface area (Å²) in [6.45, 7) is 9.75. The fraction of sp³-hybridized carbons (Fsp3) is 0.500. The van der Waals surface area contributed by atoms with Gasteiger partial charge in [0.15, 0.2) is 0 Å². The zero-order valence-electron chi connectivity index (χ0n) is 18.6. The number of fused-ring (bicyclic) bond motifs is 1. The minimum absolute atomic E-state index is 0.112. The Labute approximate surface area is 180 Å². The van der Waals surface area contributed by atoms with Crippen molar-refractivity contribution in [3.63, 3.8) is 0 Å². The fourth-order valence-corrected chi connectivity index (χ4v) is 3.54. The van der Waals surface area contributed by atoms with Crippen LogP contribution in [0.1, 0.15) is 55.7 Å². The van der Waals surface area contributed by atoms with E-state index < -0.39 is 47.3 Å². The Hall–Kier alpha value is -3.23. The molecular formula is C22H28N2O7. The number of aromatic nitrogens is 2. The van der Waals surface area contributed by atoms with Gasteiger partial charge in [-0.25, -0.2) is 9.78 Å². The Morgan fingerprint density at radius 2 is 1.61 bits per heavy atom. The smallest absolute Gasteiger partial charge is 0.360 e. The van der Waals surface area contributed by atoms with Gasteiger partial charge in [0.05, 0.1) is 17.6 Å². The maximum absolute atomic E-state index is 13.0. The summed E-state index contributed by atoms with van der Waals surface area (Å²) in [4.78, 5) is 51.9. The van der Waals surface area contributed by atoms with Crippen molar-refractivity contribution in [3.05, 3.63) is 39.3 Å². The van der Waals surface area contributed by atoms with E-state index in [1.54, 1.807) is 19.1 Å². The first-order valence-electron chi connectivity index (χ1n) is 10.1. The van der Waals surface area contributed by atoms with Gasteiger partial charge < -0.3 is 19.1 Å². The molecule has 0 fully saturated rings. The summed E-state index contributed by atoms with van der Waals surface area (Å²) in [6, 6.07) is 3.47. The average Bonchev–Trinajstić information content (AvgIpc) is 2.67. The summed E-state index contributed by atoms with van der Waals surface area (Å²) in [5, 5.41) is 9.47. The maximum Gasteiger partial charge on any atom is 0.360 e. The largest absolute Gasteiger partial charge is 0.476 e. The molecule has 1 heterocycles. The summed E-state index contributed by atoms with van der Waals surface area (Å²) in [5.41, 5.74) is 1.16. The zero-order chi connectivity index (χ0) is 23.5. The Bertz CT molecular complexity index is 1070. The van der Waals surface area contributed by atoms with E-state index in [0.717, 1.165) is 11.1 Å². The molecule has 1 aromatic heterocycles. The molecule has 31 heavy (non-hydrogen) atoms. The molecule has 9 nitrogen and oxygen atoms in total. The number of carbonyl (C=O) groups is 3. The van der Waals surface area contributed by atoms with Crippen molar-refractivity contribution in [1.82, 2.24) is 9.55 Å². The molecule has 2 aromatic rings. The monoisotopic (exact) mass is 432 g/mol. The quantitative estimate of drug-likeness (QED) is 0.631.